The molecule has 35 heavy (non-hydrogen) atoms. The van der Waals surface area contributed by atoms with E-state index in [2.05, 4.69) is 15.0 Å². The Morgan fingerprint density at radius 1 is 1.14 bits per heavy atom. The van der Waals surface area contributed by atoms with Gasteiger partial charge >= 0.3 is 0 Å². The van der Waals surface area contributed by atoms with Crippen molar-refractivity contribution in [3.05, 3.63) is 35.5 Å². The zero-order chi connectivity index (χ0) is 23.9. The minimum Gasteiger partial charge on any atom is -0.616 e. The van der Waals surface area contributed by atoms with Gasteiger partial charge in [0.05, 0.1) is 44.6 Å². The molecule has 0 N–H and O–H groups in total. The third kappa shape index (κ3) is 4.40. The number of anilines is 1. The van der Waals surface area contributed by atoms with Gasteiger partial charge < -0.3 is 28.1 Å². The van der Waals surface area contributed by atoms with E-state index < -0.39 is 11.2 Å². The van der Waals surface area contributed by atoms with Gasteiger partial charge in [0.2, 0.25) is 4.96 Å². The third-order valence-electron chi connectivity index (χ3n) is 5.62. The van der Waals surface area contributed by atoms with E-state index in [-0.39, 0.29) is 0 Å². The highest BCUT2D eigenvalue weighted by atomic mass is 32.2. The minimum atomic E-state index is -0.714. The molecule has 182 valence electrons. The van der Waals surface area contributed by atoms with Crippen LogP contribution in [0.1, 0.15) is 5.69 Å². The second-order valence-corrected chi connectivity index (χ2v) is 11.3. The van der Waals surface area contributed by atoms with Crippen LogP contribution < -0.4 is 19.1 Å². The molecule has 0 unspecified atom stereocenters. The van der Waals surface area contributed by atoms with E-state index in [1.54, 1.807) is 36.3 Å². The molecule has 0 aliphatic carbocycles. The fourth-order valence-electron chi connectivity index (χ4n) is 3.82. The Kier molecular flexibility index (Phi) is 5.92. The summed E-state index contributed by atoms with van der Waals surface area (Å²) in [5, 5.41) is 8.62. The van der Waals surface area contributed by atoms with Gasteiger partial charge in [-0.2, -0.15) is 0 Å². The second kappa shape index (κ2) is 9.22. The van der Waals surface area contributed by atoms with E-state index in [9.17, 15) is 4.55 Å². The number of nitrogens with zero attached hydrogens (tertiary/aromatic N) is 5. The van der Waals surface area contributed by atoms with Crippen molar-refractivity contribution >= 4 is 54.9 Å². The summed E-state index contributed by atoms with van der Waals surface area (Å²) in [5.41, 5.74) is 2.14. The zero-order valence-electron chi connectivity index (χ0n) is 18.9. The molecule has 5 heterocycles. The van der Waals surface area contributed by atoms with Gasteiger partial charge in [-0.3, -0.25) is 0 Å². The normalized spacial score (nSPS) is 14.8. The quantitative estimate of drug-likeness (QED) is 0.289. The van der Waals surface area contributed by atoms with Crippen molar-refractivity contribution in [2.75, 3.05) is 43.7 Å². The first kappa shape index (κ1) is 22.5. The number of rotatable bonds is 7. The molecule has 1 aliphatic rings. The lowest BCUT2D eigenvalue weighted by atomic mass is 10.2. The standard InChI is InChI=1S/C22H21N5O5S3/c1-29-14-7-17(31-11-13-12-33-20(23-13)26-3-5-35(28)6-4-26)15-9-19(32-18(15)8-14)16-10-27-21(24-16)34-22(25-27)30-2/h7-10,12H,3-6,11H2,1-2H3. The molecule has 13 heteroatoms. The maximum atomic E-state index is 11.6. The molecule has 0 amide bonds. The van der Waals surface area contributed by atoms with E-state index in [0.29, 0.717) is 56.8 Å². The predicted molar refractivity (Wildman–Crippen MR) is 136 cm³/mol. The van der Waals surface area contributed by atoms with Gasteiger partial charge in [-0.15, -0.1) is 16.4 Å². The molecule has 0 spiro atoms. The van der Waals surface area contributed by atoms with E-state index in [0.717, 1.165) is 29.3 Å². The smallest absolute Gasteiger partial charge is 0.294 e. The topological polar surface area (TPSA) is 110 Å². The molecule has 10 nitrogen and oxygen atoms in total. The summed E-state index contributed by atoms with van der Waals surface area (Å²) in [5.74, 6) is 3.25. The predicted octanol–water partition coefficient (Wildman–Crippen LogP) is 3.83. The van der Waals surface area contributed by atoms with Crippen LogP contribution in [-0.4, -0.2) is 62.9 Å². The van der Waals surface area contributed by atoms with E-state index in [1.165, 1.54) is 11.3 Å². The number of methoxy groups -OCH3 is 2. The summed E-state index contributed by atoms with van der Waals surface area (Å²) in [6, 6.07) is 5.58. The molecule has 0 bridgehead atoms. The fourth-order valence-corrected chi connectivity index (χ4v) is 6.43. The van der Waals surface area contributed by atoms with Gasteiger partial charge in [0, 0.05) is 17.5 Å². The van der Waals surface area contributed by atoms with Crippen molar-refractivity contribution in [2.24, 2.45) is 0 Å². The lowest BCUT2D eigenvalue weighted by Gasteiger charge is -2.27. The highest BCUT2D eigenvalue weighted by Gasteiger charge is 2.22. The second-order valence-electron chi connectivity index (χ2n) is 7.82. The number of thiazole rings is 1. The van der Waals surface area contributed by atoms with Crippen LogP contribution in [0, 0.1) is 0 Å². The zero-order valence-corrected chi connectivity index (χ0v) is 21.4. The van der Waals surface area contributed by atoms with Crippen LogP contribution in [0.5, 0.6) is 16.7 Å². The van der Waals surface area contributed by atoms with Crippen LogP contribution in [0.4, 0.5) is 5.13 Å². The van der Waals surface area contributed by atoms with Crippen LogP contribution in [-0.2, 0) is 17.8 Å². The van der Waals surface area contributed by atoms with Crippen molar-refractivity contribution in [3.63, 3.8) is 0 Å². The Morgan fingerprint density at radius 3 is 2.77 bits per heavy atom. The van der Waals surface area contributed by atoms with Gasteiger partial charge in [-0.25, -0.2) is 14.5 Å². The Balaban J connectivity index is 1.25. The number of hydrogen-bond acceptors (Lipinski definition) is 11. The molecule has 0 saturated carbocycles. The number of furan rings is 1. The number of benzene rings is 1. The van der Waals surface area contributed by atoms with Gasteiger partial charge in [-0.05, 0) is 17.4 Å². The number of hydrogen-bond donors (Lipinski definition) is 0. The fraction of sp³-hybridized carbons (Fsp3) is 0.318. The number of imidazole rings is 1. The minimum absolute atomic E-state index is 0.309. The van der Waals surface area contributed by atoms with Crippen molar-refractivity contribution in [3.8, 4) is 28.1 Å². The van der Waals surface area contributed by atoms with E-state index in [4.69, 9.17) is 23.6 Å². The van der Waals surface area contributed by atoms with Gasteiger partial charge in [0.15, 0.2) is 10.9 Å². The SMILES string of the molecule is COc1cc(OCc2csc(N3CC[S+]([O-])CC3)n2)c2cc(-c3cn4nc(OC)sc4n3)oc2c1. The molecule has 0 radical (unpaired) electrons. The summed E-state index contributed by atoms with van der Waals surface area (Å²) >= 11 is 2.22. The number of fused-ring (bicyclic) bond motifs is 2. The summed E-state index contributed by atoms with van der Waals surface area (Å²) in [4.78, 5) is 12.2. The van der Waals surface area contributed by atoms with Gasteiger partial charge in [0.1, 0.15) is 40.9 Å². The molecular formula is C22H21N5O5S3. The van der Waals surface area contributed by atoms with Crippen LogP contribution in [0.2, 0.25) is 0 Å². The molecule has 1 saturated heterocycles. The summed E-state index contributed by atoms with van der Waals surface area (Å²) in [6.07, 6.45) is 1.80. The first-order valence-corrected chi connectivity index (χ1v) is 14.0. The van der Waals surface area contributed by atoms with Crippen molar-refractivity contribution < 1.29 is 23.2 Å². The lowest BCUT2D eigenvalue weighted by molar-refractivity contribution is 0.303. The molecule has 5 aromatic rings. The Bertz CT molecular complexity index is 1450. The Morgan fingerprint density at radius 2 is 2.00 bits per heavy atom. The van der Waals surface area contributed by atoms with E-state index >= 15 is 0 Å². The maximum absolute atomic E-state index is 11.6. The Hall–Kier alpha value is -3.00. The van der Waals surface area contributed by atoms with Crippen LogP contribution in [0.3, 0.4) is 0 Å². The third-order valence-corrected chi connectivity index (χ3v) is 8.73. The van der Waals surface area contributed by atoms with Crippen molar-refractivity contribution in [2.45, 2.75) is 6.61 Å². The van der Waals surface area contributed by atoms with Crippen molar-refractivity contribution in [1.82, 2.24) is 19.6 Å². The van der Waals surface area contributed by atoms with Crippen LogP contribution in [0.15, 0.2) is 34.2 Å². The summed E-state index contributed by atoms with van der Waals surface area (Å²) in [7, 11) is 3.19. The molecule has 4 aromatic heterocycles. The lowest BCUT2D eigenvalue weighted by Crippen LogP contribution is -2.40. The number of ether oxygens (including phenoxy) is 3. The first-order valence-electron chi connectivity index (χ1n) is 10.8. The molecule has 0 atom stereocenters. The van der Waals surface area contributed by atoms with E-state index in [1.807, 2.05) is 23.6 Å². The summed E-state index contributed by atoms with van der Waals surface area (Å²) in [6.45, 7) is 1.84. The first-order chi connectivity index (χ1) is 17.1. The average molecular weight is 532 g/mol. The van der Waals surface area contributed by atoms with Gasteiger partial charge in [0.25, 0.3) is 5.19 Å². The molecule has 1 fully saturated rings. The molecule has 1 aliphatic heterocycles. The molecule has 1 aromatic carbocycles. The summed E-state index contributed by atoms with van der Waals surface area (Å²) < 4.78 is 36.2. The maximum Gasteiger partial charge on any atom is 0.294 e. The van der Waals surface area contributed by atoms with Gasteiger partial charge in [-0.1, -0.05) is 11.2 Å². The highest BCUT2D eigenvalue weighted by molar-refractivity contribution is 7.91. The largest absolute Gasteiger partial charge is 0.616 e. The van der Waals surface area contributed by atoms with Crippen molar-refractivity contribution in [1.29, 1.82) is 0 Å². The molecule has 6 rings (SSSR count). The monoisotopic (exact) mass is 531 g/mol. The van der Waals surface area contributed by atoms with Crippen LogP contribution in [0.25, 0.3) is 27.4 Å². The van der Waals surface area contributed by atoms with Crippen LogP contribution >= 0.6 is 22.7 Å². The number of aromatic nitrogens is 4. The Labute approximate surface area is 211 Å². The molecular weight excluding hydrogens is 510 g/mol. The highest BCUT2D eigenvalue weighted by Crippen LogP contribution is 2.37. The average Bonchev–Trinajstić information content (AvgIpc) is 3.65.